The molecule has 0 radical (unpaired) electrons. The standard InChI is InChI=1S/C24H28FN3O2/c1-5-7-16(8-6-2)14-27-24(29)19-11-17(9-10-21(19)26-4)18-12-20(25)23-22(13-18)30-15(3)28-23/h9-13,16H,4-8,14H2,1-3H3,(H,27,29). The molecule has 0 saturated heterocycles. The number of benzene rings is 2. The van der Waals surface area contributed by atoms with E-state index in [1.807, 2.05) is 0 Å². The van der Waals surface area contributed by atoms with E-state index in [4.69, 9.17) is 4.42 Å². The molecule has 1 amide bonds. The number of halogens is 1. The lowest BCUT2D eigenvalue weighted by atomic mass is 9.97. The van der Waals surface area contributed by atoms with Crippen LogP contribution < -0.4 is 5.32 Å². The quantitative estimate of drug-likeness (QED) is 0.427. The number of carbonyl (C=O) groups excluding carboxylic acids is 1. The van der Waals surface area contributed by atoms with E-state index in [0.717, 1.165) is 25.7 Å². The molecule has 0 aliphatic heterocycles. The molecule has 1 aromatic heterocycles. The maximum absolute atomic E-state index is 14.5. The normalized spacial score (nSPS) is 11.2. The van der Waals surface area contributed by atoms with Gasteiger partial charge in [-0.1, -0.05) is 32.8 Å². The zero-order chi connectivity index (χ0) is 21.7. The summed E-state index contributed by atoms with van der Waals surface area (Å²) in [5.74, 6) is 0.200. The van der Waals surface area contributed by atoms with Gasteiger partial charge in [0.15, 0.2) is 17.3 Å². The molecule has 0 unspecified atom stereocenters. The van der Waals surface area contributed by atoms with E-state index < -0.39 is 5.82 Å². The number of fused-ring (bicyclic) bond motifs is 1. The number of nitrogens with zero attached hydrogens (tertiary/aromatic N) is 2. The maximum atomic E-state index is 14.5. The Labute approximate surface area is 176 Å². The highest BCUT2D eigenvalue weighted by atomic mass is 19.1. The van der Waals surface area contributed by atoms with Gasteiger partial charge in [0.1, 0.15) is 5.52 Å². The summed E-state index contributed by atoms with van der Waals surface area (Å²) in [6, 6.07) is 8.37. The second kappa shape index (κ2) is 9.65. The summed E-state index contributed by atoms with van der Waals surface area (Å²) in [7, 11) is 0. The molecule has 0 saturated carbocycles. The molecule has 2 aromatic carbocycles. The van der Waals surface area contributed by atoms with Crippen LogP contribution in [0.4, 0.5) is 10.1 Å². The lowest BCUT2D eigenvalue weighted by Gasteiger charge is -2.17. The number of oxazole rings is 1. The van der Waals surface area contributed by atoms with Crippen LogP contribution in [0.1, 0.15) is 55.8 Å². The Morgan fingerprint density at radius 3 is 2.60 bits per heavy atom. The lowest BCUT2D eigenvalue weighted by molar-refractivity contribution is 0.0946. The molecule has 5 nitrogen and oxygen atoms in total. The summed E-state index contributed by atoms with van der Waals surface area (Å²) >= 11 is 0. The van der Waals surface area contributed by atoms with E-state index in [1.54, 1.807) is 31.2 Å². The fourth-order valence-corrected chi connectivity index (χ4v) is 3.80. The summed E-state index contributed by atoms with van der Waals surface area (Å²) < 4.78 is 20.0. The molecule has 3 aromatic rings. The number of aliphatic imine (C=N–C) groups is 1. The van der Waals surface area contributed by atoms with Gasteiger partial charge in [0, 0.05) is 13.5 Å². The lowest BCUT2D eigenvalue weighted by Crippen LogP contribution is -2.29. The average molecular weight is 410 g/mol. The van der Waals surface area contributed by atoms with Crippen molar-refractivity contribution in [2.24, 2.45) is 10.9 Å². The molecule has 30 heavy (non-hydrogen) atoms. The number of hydrogen-bond donors (Lipinski definition) is 1. The van der Waals surface area contributed by atoms with E-state index in [0.29, 0.717) is 46.3 Å². The molecule has 0 aliphatic carbocycles. The first-order chi connectivity index (χ1) is 14.5. The van der Waals surface area contributed by atoms with Crippen LogP contribution in [0, 0.1) is 18.7 Å². The Morgan fingerprint density at radius 1 is 1.20 bits per heavy atom. The summed E-state index contributed by atoms with van der Waals surface area (Å²) in [4.78, 5) is 20.9. The number of carbonyl (C=O) groups is 1. The SMILES string of the molecule is C=Nc1ccc(-c2cc(F)c3nc(C)oc3c2)cc1C(=O)NCC(CCC)CCC. The maximum Gasteiger partial charge on any atom is 0.253 e. The van der Waals surface area contributed by atoms with Gasteiger partial charge in [-0.05, 0) is 60.9 Å². The van der Waals surface area contributed by atoms with Crippen molar-refractivity contribution in [3.05, 3.63) is 47.6 Å². The Balaban J connectivity index is 1.90. The van der Waals surface area contributed by atoms with Gasteiger partial charge in [-0.2, -0.15) is 0 Å². The molecular weight excluding hydrogens is 381 g/mol. The number of nitrogens with one attached hydrogen (secondary N) is 1. The first kappa shape index (κ1) is 21.7. The van der Waals surface area contributed by atoms with E-state index in [2.05, 4.69) is 35.9 Å². The number of rotatable bonds is 9. The van der Waals surface area contributed by atoms with E-state index >= 15 is 0 Å². The minimum atomic E-state index is -0.460. The van der Waals surface area contributed by atoms with Crippen LogP contribution in [-0.2, 0) is 0 Å². The first-order valence-corrected chi connectivity index (χ1v) is 10.4. The molecular formula is C24H28FN3O2. The number of aromatic nitrogens is 1. The van der Waals surface area contributed by atoms with Crippen LogP contribution in [0.2, 0.25) is 0 Å². The minimum Gasteiger partial charge on any atom is -0.441 e. The van der Waals surface area contributed by atoms with Crippen LogP contribution in [0.3, 0.4) is 0 Å². The summed E-state index contributed by atoms with van der Waals surface area (Å²) in [5.41, 5.74) is 2.80. The molecule has 0 spiro atoms. The van der Waals surface area contributed by atoms with Crippen molar-refractivity contribution in [2.45, 2.75) is 46.5 Å². The molecule has 0 fully saturated rings. The monoisotopic (exact) mass is 409 g/mol. The highest BCUT2D eigenvalue weighted by Crippen LogP contribution is 2.31. The fraction of sp³-hybridized carbons (Fsp3) is 0.375. The number of hydrogen-bond acceptors (Lipinski definition) is 4. The Kier molecular flexibility index (Phi) is 6.98. The second-order valence-corrected chi connectivity index (χ2v) is 7.58. The topological polar surface area (TPSA) is 67.5 Å². The van der Waals surface area contributed by atoms with Crippen molar-refractivity contribution in [2.75, 3.05) is 6.54 Å². The van der Waals surface area contributed by atoms with E-state index in [-0.39, 0.29) is 11.4 Å². The van der Waals surface area contributed by atoms with Crippen molar-refractivity contribution in [1.29, 1.82) is 0 Å². The van der Waals surface area contributed by atoms with Gasteiger partial charge < -0.3 is 9.73 Å². The molecule has 0 bridgehead atoms. The summed E-state index contributed by atoms with van der Waals surface area (Å²) in [5, 5.41) is 3.04. The summed E-state index contributed by atoms with van der Waals surface area (Å²) in [6.45, 7) is 10.2. The van der Waals surface area contributed by atoms with Gasteiger partial charge in [-0.25, -0.2) is 9.37 Å². The molecule has 0 atom stereocenters. The fourth-order valence-electron chi connectivity index (χ4n) is 3.80. The predicted octanol–water partition coefficient (Wildman–Crippen LogP) is 6.22. The highest BCUT2D eigenvalue weighted by Gasteiger charge is 2.16. The van der Waals surface area contributed by atoms with Gasteiger partial charge in [-0.3, -0.25) is 9.79 Å². The zero-order valence-electron chi connectivity index (χ0n) is 17.8. The van der Waals surface area contributed by atoms with Gasteiger partial charge in [0.05, 0.1) is 11.3 Å². The van der Waals surface area contributed by atoms with Crippen LogP contribution in [0.15, 0.2) is 39.7 Å². The largest absolute Gasteiger partial charge is 0.441 e. The molecule has 158 valence electrons. The van der Waals surface area contributed by atoms with Gasteiger partial charge in [-0.15, -0.1) is 0 Å². The third kappa shape index (κ3) is 4.75. The average Bonchev–Trinajstić information content (AvgIpc) is 3.12. The zero-order valence-corrected chi connectivity index (χ0v) is 17.8. The Bertz CT molecular complexity index is 1050. The van der Waals surface area contributed by atoms with Crippen LogP contribution >= 0.6 is 0 Å². The van der Waals surface area contributed by atoms with Crippen LogP contribution in [-0.4, -0.2) is 24.2 Å². The second-order valence-electron chi connectivity index (χ2n) is 7.58. The van der Waals surface area contributed by atoms with E-state index in [9.17, 15) is 9.18 Å². The van der Waals surface area contributed by atoms with Gasteiger partial charge in [0.2, 0.25) is 0 Å². The summed E-state index contributed by atoms with van der Waals surface area (Å²) in [6.07, 6.45) is 4.34. The third-order valence-electron chi connectivity index (χ3n) is 5.25. The number of amides is 1. The van der Waals surface area contributed by atoms with Crippen molar-refractivity contribution >= 4 is 29.4 Å². The van der Waals surface area contributed by atoms with Crippen LogP contribution in [0.5, 0.6) is 0 Å². The molecule has 1 heterocycles. The predicted molar refractivity (Wildman–Crippen MR) is 119 cm³/mol. The highest BCUT2D eigenvalue weighted by molar-refractivity contribution is 6.00. The smallest absolute Gasteiger partial charge is 0.253 e. The van der Waals surface area contributed by atoms with E-state index in [1.165, 1.54) is 6.07 Å². The van der Waals surface area contributed by atoms with Crippen molar-refractivity contribution < 1.29 is 13.6 Å². The van der Waals surface area contributed by atoms with Crippen molar-refractivity contribution in [3.63, 3.8) is 0 Å². The molecule has 3 rings (SSSR count). The number of aryl methyl sites for hydroxylation is 1. The molecule has 0 aliphatic rings. The van der Waals surface area contributed by atoms with Crippen LogP contribution in [0.25, 0.3) is 22.2 Å². The third-order valence-corrected chi connectivity index (χ3v) is 5.25. The van der Waals surface area contributed by atoms with Crippen molar-refractivity contribution in [1.82, 2.24) is 10.3 Å². The minimum absolute atomic E-state index is 0.200. The Hall–Kier alpha value is -3.02. The molecule has 1 N–H and O–H groups in total. The van der Waals surface area contributed by atoms with Gasteiger partial charge >= 0.3 is 0 Å². The molecule has 6 heteroatoms. The Morgan fingerprint density at radius 2 is 1.93 bits per heavy atom. The van der Waals surface area contributed by atoms with Crippen molar-refractivity contribution in [3.8, 4) is 11.1 Å². The van der Waals surface area contributed by atoms with Gasteiger partial charge in [0.25, 0.3) is 5.91 Å². The first-order valence-electron chi connectivity index (χ1n) is 10.4.